The molecule has 0 amide bonds. The summed E-state index contributed by atoms with van der Waals surface area (Å²) in [7, 11) is -1.39. The number of benzene rings is 2. The number of hydrogen-bond donors (Lipinski definition) is 2. The summed E-state index contributed by atoms with van der Waals surface area (Å²) in [5, 5.41) is 21.3. The second kappa shape index (κ2) is 3.83. The van der Waals surface area contributed by atoms with E-state index in [0.717, 1.165) is 0 Å². The quantitative estimate of drug-likeness (QED) is 0.761. The molecule has 2 nitrogen and oxygen atoms in total. The van der Waals surface area contributed by atoms with Gasteiger partial charge in [-0.2, -0.15) is 0 Å². The Morgan fingerprint density at radius 3 is 2.26 bits per heavy atom. The molecule has 3 heteroatoms. The molecule has 2 aliphatic rings. The Labute approximate surface area is 111 Å². The molecule has 0 aromatic heterocycles. The molecule has 2 N–H and O–H groups in total. The first kappa shape index (κ1) is 11.0. The summed E-state index contributed by atoms with van der Waals surface area (Å²) in [6.07, 6.45) is 5.91. The highest BCUT2D eigenvalue weighted by atomic mass is 16.4. The van der Waals surface area contributed by atoms with Crippen molar-refractivity contribution in [2.75, 3.05) is 0 Å². The Morgan fingerprint density at radius 1 is 0.895 bits per heavy atom. The lowest BCUT2D eigenvalue weighted by atomic mass is 9.71. The van der Waals surface area contributed by atoms with E-state index < -0.39 is 7.12 Å². The average Bonchev–Trinajstić information content (AvgIpc) is 2.76. The van der Waals surface area contributed by atoms with Crippen LogP contribution in [0.4, 0.5) is 0 Å². The van der Waals surface area contributed by atoms with E-state index in [1.165, 1.54) is 21.9 Å². The van der Waals surface area contributed by atoms with Crippen LogP contribution in [0.1, 0.15) is 23.0 Å². The second-order valence-corrected chi connectivity index (χ2v) is 5.24. The third-order valence-electron chi connectivity index (χ3n) is 4.24. The van der Waals surface area contributed by atoms with Gasteiger partial charge in [-0.15, -0.1) is 0 Å². The molecule has 0 bridgehead atoms. The molecule has 19 heavy (non-hydrogen) atoms. The van der Waals surface area contributed by atoms with Gasteiger partial charge in [-0.25, -0.2) is 0 Å². The van der Waals surface area contributed by atoms with E-state index >= 15 is 0 Å². The zero-order valence-electron chi connectivity index (χ0n) is 10.3. The Morgan fingerprint density at radius 2 is 1.58 bits per heavy atom. The summed E-state index contributed by atoms with van der Waals surface area (Å²) in [5.41, 5.74) is 3.23. The number of allylic oxidation sites excluding steroid dienone is 4. The summed E-state index contributed by atoms with van der Waals surface area (Å²) in [5.74, 6) is 0.548. The molecule has 92 valence electrons. The first-order chi connectivity index (χ1) is 9.25. The Balaban J connectivity index is 1.97. The minimum Gasteiger partial charge on any atom is -0.423 e. The SMILES string of the molecule is OB(O)C1=CC2c3cccc4cccc(c34)C2C=C1. The molecule has 2 aliphatic carbocycles. The smallest absolute Gasteiger partial charge is 0.423 e. The maximum absolute atomic E-state index is 9.34. The monoisotopic (exact) mass is 248 g/mol. The summed E-state index contributed by atoms with van der Waals surface area (Å²) < 4.78 is 0. The Kier molecular flexibility index (Phi) is 2.22. The number of fused-ring (bicyclic) bond motifs is 3. The van der Waals surface area contributed by atoms with Crippen LogP contribution in [0.25, 0.3) is 10.8 Å². The molecule has 2 aromatic carbocycles. The Bertz CT molecular complexity index is 725. The summed E-state index contributed by atoms with van der Waals surface area (Å²) in [6.45, 7) is 0. The van der Waals surface area contributed by atoms with E-state index in [1.807, 2.05) is 12.2 Å². The maximum Gasteiger partial charge on any atom is 0.488 e. The van der Waals surface area contributed by atoms with Crippen molar-refractivity contribution in [1.82, 2.24) is 0 Å². The molecule has 0 saturated heterocycles. The zero-order chi connectivity index (χ0) is 13.0. The lowest BCUT2D eigenvalue weighted by Gasteiger charge is -2.20. The fourth-order valence-electron chi connectivity index (χ4n) is 3.41. The molecule has 2 atom stereocenters. The van der Waals surface area contributed by atoms with Gasteiger partial charge in [0.1, 0.15) is 0 Å². The number of hydrogen-bond acceptors (Lipinski definition) is 2. The van der Waals surface area contributed by atoms with Crippen LogP contribution in [0.5, 0.6) is 0 Å². The number of rotatable bonds is 1. The van der Waals surface area contributed by atoms with E-state index in [2.05, 4.69) is 42.5 Å². The van der Waals surface area contributed by atoms with Gasteiger partial charge in [-0.05, 0) is 27.4 Å². The first-order valence-electron chi connectivity index (χ1n) is 6.53. The van der Waals surface area contributed by atoms with Crippen LogP contribution in [0.2, 0.25) is 0 Å². The maximum atomic E-state index is 9.34. The fourth-order valence-corrected chi connectivity index (χ4v) is 3.41. The molecular formula is C16H13BO2. The van der Waals surface area contributed by atoms with E-state index in [-0.39, 0.29) is 5.92 Å². The van der Waals surface area contributed by atoms with Crippen molar-refractivity contribution in [3.63, 3.8) is 0 Å². The minimum absolute atomic E-state index is 0.225. The van der Waals surface area contributed by atoms with Crippen molar-refractivity contribution in [3.05, 3.63) is 71.2 Å². The van der Waals surface area contributed by atoms with Crippen LogP contribution in [0, 0.1) is 0 Å². The van der Waals surface area contributed by atoms with Crippen LogP contribution in [-0.4, -0.2) is 17.2 Å². The van der Waals surface area contributed by atoms with Crippen molar-refractivity contribution < 1.29 is 10.0 Å². The van der Waals surface area contributed by atoms with Crippen LogP contribution >= 0.6 is 0 Å². The van der Waals surface area contributed by atoms with Crippen LogP contribution in [0.3, 0.4) is 0 Å². The van der Waals surface area contributed by atoms with E-state index in [0.29, 0.717) is 11.4 Å². The lowest BCUT2D eigenvalue weighted by molar-refractivity contribution is 0.420. The van der Waals surface area contributed by atoms with Gasteiger partial charge in [0, 0.05) is 11.8 Å². The van der Waals surface area contributed by atoms with Gasteiger partial charge in [0.2, 0.25) is 0 Å². The molecular weight excluding hydrogens is 235 g/mol. The Hall–Kier alpha value is -1.84. The topological polar surface area (TPSA) is 40.5 Å². The minimum atomic E-state index is -1.39. The highest BCUT2D eigenvalue weighted by molar-refractivity contribution is 6.51. The third-order valence-corrected chi connectivity index (χ3v) is 4.24. The lowest BCUT2D eigenvalue weighted by Crippen LogP contribution is -2.18. The van der Waals surface area contributed by atoms with Crippen LogP contribution in [-0.2, 0) is 0 Å². The van der Waals surface area contributed by atoms with Crippen LogP contribution in [0.15, 0.2) is 60.1 Å². The predicted octanol–water partition coefficient (Wildman–Crippen LogP) is 2.53. The molecule has 0 radical (unpaired) electrons. The molecule has 0 heterocycles. The normalized spacial score (nSPS) is 23.4. The standard InChI is InChI=1S/C16H13BO2/c18-17(19)11-7-8-12-13-5-1-3-10-4-2-6-14(16(10)13)15(12)9-11/h1-9,12,15,18-19H. The molecule has 2 aromatic rings. The fraction of sp³-hybridized carbons (Fsp3) is 0.125. The van der Waals surface area contributed by atoms with Crippen LogP contribution < -0.4 is 0 Å². The summed E-state index contributed by atoms with van der Waals surface area (Å²) in [6, 6.07) is 12.8. The van der Waals surface area contributed by atoms with Gasteiger partial charge in [0.15, 0.2) is 0 Å². The van der Waals surface area contributed by atoms with Crippen molar-refractivity contribution in [1.29, 1.82) is 0 Å². The second-order valence-electron chi connectivity index (χ2n) is 5.24. The van der Waals surface area contributed by atoms with Gasteiger partial charge in [0.25, 0.3) is 0 Å². The van der Waals surface area contributed by atoms with Gasteiger partial charge >= 0.3 is 7.12 Å². The molecule has 4 rings (SSSR count). The molecule has 0 spiro atoms. The van der Waals surface area contributed by atoms with E-state index in [1.54, 1.807) is 0 Å². The highest BCUT2D eigenvalue weighted by Crippen LogP contribution is 2.50. The van der Waals surface area contributed by atoms with Gasteiger partial charge in [-0.1, -0.05) is 54.6 Å². The third kappa shape index (κ3) is 1.46. The summed E-state index contributed by atoms with van der Waals surface area (Å²) >= 11 is 0. The first-order valence-corrected chi connectivity index (χ1v) is 6.53. The van der Waals surface area contributed by atoms with Gasteiger partial charge < -0.3 is 10.0 Å². The predicted molar refractivity (Wildman–Crippen MR) is 76.8 cm³/mol. The van der Waals surface area contributed by atoms with Crippen molar-refractivity contribution >= 4 is 17.9 Å². The molecule has 0 saturated carbocycles. The summed E-state index contributed by atoms with van der Waals surface area (Å²) in [4.78, 5) is 0. The zero-order valence-corrected chi connectivity index (χ0v) is 10.3. The molecule has 0 aliphatic heterocycles. The van der Waals surface area contributed by atoms with Crippen molar-refractivity contribution in [2.45, 2.75) is 11.8 Å². The average molecular weight is 248 g/mol. The van der Waals surface area contributed by atoms with E-state index in [4.69, 9.17) is 0 Å². The van der Waals surface area contributed by atoms with Gasteiger partial charge in [-0.3, -0.25) is 0 Å². The van der Waals surface area contributed by atoms with Gasteiger partial charge in [0.05, 0.1) is 0 Å². The molecule has 0 fully saturated rings. The van der Waals surface area contributed by atoms with E-state index in [9.17, 15) is 10.0 Å². The van der Waals surface area contributed by atoms with Crippen molar-refractivity contribution in [2.24, 2.45) is 0 Å². The highest BCUT2D eigenvalue weighted by Gasteiger charge is 2.34. The van der Waals surface area contributed by atoms with Crippen molar-refractivity contribution in [3.8, 4) is 0 Å². The molecule has 2 unspecified atom stereocenters. The largest absolute Gasteiger partial charge is 0.488 e.